The fourth-order valence-electron chi connectivity index (χ4n) is 0.774. The van der Waals surface area contributed by atoms with Gasteiger partial charge in [0.1, 0.15) is 0 Å². The second-order valence-electron chi connectivity index (χ2n) is 2.59. The molecule has 0 unspecified atom stereocenters. The van der Waals surface area contributed by atoms with E-state index >= 15 is 0 Å². The summed E-state index contributed by atoms with van der Waals surface area (Å²) in [6.07, 6.45) is 1.27. The molecular weight excluding hydrogens is 154 g/mol. The van der Waals surface area contributed by atoms with Crippen molar-refractivity contribution in [3.63, 3.8) is 0 Å². The minimum atomic E-state index is -0.129. The van der Waals surface area contributed by atoms with Crippen LogP contribution in [-0.2, 0) is 4.79 Å². The third-order valence-corrected chi connectivity index (χ3v) is 1.49. The van der Waals surface area contributed by atoms with Crippen molar-refractivity contribution in [1.82, 2.24) is 10.2 Å². The molecule has 0 radical (unpaired) electrons. The first kappa shape index (κ1) is 11.1. The molecule has 3 N–H and O–H groups in total. The topological polar surface area (TPSA) is 58.4 Å². The molecule has 0 aliphatic carbocycles. The highest BCUT2D eigenvalue weighted by Gasteiger charge is 1.96. The van der Waals surface area contributed by atoms with Gasteiger partial charge in [-0.2, -0.15) is 0 Å². The fraction of sp³-hybridized carbons (Fsp3) is 0.625. The number of nitrogens with two attached hydrogens (primary N) is 1. The normalized spacial score (nSPS) is 9.92. The zero-order chi connectivity index (χ0) is 9.40. The first-order chi connectivity index (χ1) is 5.70. The van der Waals surface area contributed by atoms with Crippen LogP contribution in [0.3, 0.4) is 0 Å². The minimum absolute atomic E-state index is 0.129. The first-order valence-electron chi connectivity index (χ1n) is 3.99. The van der Waals surface area contributed by atoms with Gasteiger partial charge in [-0.05, 0) is 13.1 Å². The van der Waals surface area contributed by atoms with E-state index < -0.39 is 0 Å². The van der Waals surface area contributed by atoms with Crippen molar-refractivity contribution in [2.75, 3.05) is 33.2 Å². The maximum atomic E-state index is 10.7. The van der Waals surface area contributed by atoms with Crippen molar-refractivity contribution >= 4 is 5.91 Å². The summed E-state index contributed by atoms with van der Waals surface area (Å²) in [5.74, 6) is -0.129. The molecule has 12 heavy (non-hydrogen) atoms. The summed E-state index contributed by atoms with van der Waals surface area (Å²) in [6, 6.07) is 0. The summed E-state index contributed by atoms with van der Waals surface area (Å²) in [6.45, 7) is 6.30. The Morgan fingerprint density at radius 2 is 2.33 bits per heavy atom. The van der Waals surface area contributed by atoms with Gasteiger partial charge in [0.05, 0.1) is 0 Å². The average Bonchev–Trinajstić information content (AvgIpc) is 2.04. The van der Waals surface area contributed by atoms with Crippen LogP contribution in [0.2, 0.25) is 0 Å². The van der Waals surface area contributed by atoms with E-state index in [9.17, 15) is 4.79 Å². The summed E-state index contributed by atoms with van der Waals surface area (Å²) in [5, 5.41) is 2.68. The number of hydrogen-bond acceptors (Lipinski definition) is 3. The second kappa shape index (κ2) is 6.82. The molecule has 0 fully saturated rings. The van der Waals surface area contributed by atoms with Crippen molar-refractivity contribution in [2.24, 2.45) is 5.73 Å². The molecule has 4 heteroatoms. The van der Waals surface area contributed by atoms with E-state index in [4.69, 9.17) is 5.73 Å². The zero-order valence-electron chi connectivity index (χ0n) is 7.55. The van der Waals surface area contributed by atoms with Gasteiger partial charge < -0.3 is 16.0 Å². The predicted molar refractivity (Wildman–Crippen MR) is 49.8 cm³/mol. The van der Waals surface area contributed by atoms with E-state index in [2.05, 4.69) is 16.8 Å². The Kier molecular flexibility index (Phi) is 6.32. The molecule has 0 aliphatic heterocycles. The Balaban J connectivity index is 3.30. The second-order valence-corrected chi connectivity index (χ2v) is 2.59. The number of nitrogens with zero attached hydrogens (tertiary/aromatic N) is 1. The van der Waals surface area contributed by atoms with Crippen molar-refractivity contribution < 1.29 is 4.79 Å². The zero-order valence-corrected chi connectivity index (χ0v) is 7.55. The van der Waals surface area contributed by atoms with Crippen molar-refractivity contribution in [3.05, 3.63) is 12.7 Å². The Morgan fingerprint density at radius 1 is 1.67 bits per heavy atom. The summed E-state index contributed by atoms with van der Waals surface area (Å²) in [7, 11) is 1.97. The van der Waals surface area contributed by atoms with Crippen LogP contribution in [0.5, 0.6) is 0 Å². The minimum Gasteiger partial charge on any atom is -0.351 e. The molecule has 0 spiro atoms. The van der Waals surface area contributed by atoms with Crippen LogP contribution < -0.4 is 11.1 Å². The first-order valence-corrected chi connectivity index (χ1v) is 3.99. The summed E-state index contributed by atoms with van der Waals surface area (Å²) >= 11 is 0. The molecular formula is C8H17N3O. The van der Waals surface area contributed by atoms with Crippen LogP contribution in [0.15, 0.2) is 12.7 Å². The van der Waals surface area contributed by atoms with Gasteiger partial charge in [0.25, 0.3) is 0 Å². The summed E-state index contributed by atoms with van der Waals surface area (Å²) < 4.78 is 0. The van der Waals surface area contributed by atoms with E-state index in [0.29, 0.717) is 13.1 Å². The Hall–Kier alpha value is -0.870. The lowest BCUT2D eigenvalue weighted by Crippen LogP contribution is -2.34. The molecule has 1 amide bonds. The quantitative estimate of drug-likeness (QED) is 0.513. The molecule has 0 aliphatic rings. The highest BCUT2D eigenvalue weighted by atomic mass is 16.1. The van der Waals surface area contributed by atoms with Crippen LogP contribution in [-0.4, -0.2) is 44.0 Å². The number of nitrogens with one attached hydrogen (secondary N) is 1. The van der Waals surface area contributed by atoms with Gasteiger partial charge in [-0.1, -0.05) is 6.58 Å². The highest BCUT2D eigenvalue weighted by Crippen LogP contribution is 1.77. The molecule has 0 bridgehead atoms. The molecule has 0 aromatic rings. The van der Waals surface area contributed by atoms with Gasteiger partial charge in [-0.25, -0.2) is 0 Å². The van der Waals surface area contributed by atoms with Gasteiger partial charge in [0, 0.05) is 26.2 Å². The smallest absolute Gasteiger partial charge is 0.243 e. The predicted octanol–water partition coefficient (Wildman–Crippen LogP) is -0.821. The van der Waals surface area contributed by atoms with Crippen molar-refractivity contribution in [2.45, 2.75) is 0 Å². The Morgan fingerprint density at radius 3 is 2.83 bits per heavy atom. The van der Waals surface area contributed by atoms with Crippen molar-refractivity contribution in [1.29, 1.82) is 0 Å². The third-order valence-electron chi connectivity index (χ3n) is 1.49. The van der Waals surface area contributed by atoms with Crippen LogP contribution in [0, 0.1) is 0 Å². The van der Waals surface area contributed by atoms with Gasteiger partial charge in [0.2, 0.25) is 5.91 Å². The van der Waals surface area contributed by atoms with Crippen molar-refractivity contribution in [3.8, 4) is 0 Å². The fourth-order valence-corrected chi connectivity index (χ4v) is 0.774. The number of rotatable bonds is 6. The van der Waals surface area contributed by atoms with E-state index in [0.717, 1.165) is 13.1 Å². The number of carbonyl (C=O) groups excluding carboxylic acids is 1. The summed E-state index contributed by atoms with van der Waals surface area (Å²) in [4.78, 5) is 12.7. The monoisotopic (exact) mass is 171 g/mol. The number of likely N-dealkylation sites (N-methyl/N-ethyl adjacent to an activating group) is 1. The number of carbonyl (C=O) groups is 1. The maximum absolute atomic E-state index is 10.7. The highest BCUT2D eigenvalue weighted by molar-refractivity contribution is 5.86. The average molecular weight is 171 g/mol. The van der Waals surface area contributed by atoms with Crippen LogP contribution in [0.1, 0.15) is 0 Å². The van der Waals surface area contributed by atoms with E-state index in [-0.39, 0.29) is 5.91 Å². The third kappa shape index (κ3) is 5.88. The number of amides is 1. The summed E-state index contributed by atoms with van der Waals surface area (Å²) in [5.41, 5.74) is 5.34. The van der Waals surface area contributed by atoms with Gasteiger partial charge in [0.15, 0.2) is 0 Å². The Labute approximate surface area is 73.4 Å². The Bertz CT molecular complexity index is 147. The molecule has 4 nitrogen and oxygen atoms in total. The van der Waals surface area contributed by atoms with Crippen LogP contribution in [0.4, 0.5) is 0 Å². The molecule has 0 saturated heterocycles. The van der Waals surface area contributed by atoms with E-state index in [1.165, 1.54) is 6.08 Å². The molecule has 0 rings (SSSR count). The molecule has 0 heterocycles. The molecule has 0 aromatic heterocycles. The van der Waals surface area contributed by atoms with Crippen LogP contribution >= 0.6 is 0 Å². The largest absolute Gasteiger partial charge is 0.351 e. The standard InChI is InChI=1S/C8H17N3O/c1-3-8(12)10-5-7-11(2)6-4-9/h3H,1,4-7,9H2,2H3,(H,10,12). The molecule has 70 valence electrons. The maximum Gasteiger partial charge on any atom is 0.243 e. The molecule has 0 saturated carbocycles. The van der Waals surface area contributed by atoms with Gasteiger partial charge in [-0.15, -0.1) is 0 Å². The van der Waals surface area contributed by atoms with E-state index in [1.807, 2.05) is 7.05 Å². The van der Waals surface area contributed by atoms with Gasteiger partial charge >= 0.3 is 0 Å². The lowest BCUT2D eigenvalue weighted by Gasteiger charge is -2.14. The molecule has 0 aromatic carbocycles. The lowest BCUT2D eigenvalue weighted by atomic mass is 10.5. The molecule has 0 atom stereocenters. The SMILES string of the molecule is C=CC(=O)NCCN(C)CCN. The lowest BCUT2D eigenvalue weighted by molar-refractivity contribution is -0.116. The van der Waals surface area contributed by atoms with E-state index in [1.54, 1.807) is 0 Å². The van der Waals surface area contributed by atoms with Gasteiger partial charge in [-0.3, -0.25) is 4.79 Å². The van der Waals surface area contributed by atoms with Crippen LogP contribution in [0.25, 0.3) is 0 Å². The number of hydrogen-bond donors (Lipinski definition) is 2.